The van der Waals surface area contributed by atoms with Crippen molar-refractivity contribution in [1.82, 2.24) is 5.32 Å². The smallest absolute Gasteiger partial charge is 0.252 e. The van der Waals surface area contributed by atoms with Crippen molar-refractivity contribution in [3.63, 3.8) is 0 Å². The van der Waals surface area contributed by atoms with Crippen molar-refractivity contribution in [3.8, 4) is 0 Å². The van der Waals surface area contributed by atoms with Gasteiger partial charge in [0.05, 0.1) is 5.56 Å². The van der Waals surface area contributed by atoms with Crippen molar-refractivity contribution < 1.29 is 9.59 Å². The highest BCUT2D eigenvalue weighted by atomic mass is 16.2. The van der Waals surface area contributed by atoms with Crippen LogP contribution < -0.4 is 11.1 Å². The maximum Gasteiger partial charge on any atom is 0.252 e. The van der Waals surface area contributed by atoms with Crippen LogP contribution in [0.5, 0.6) is 0 Å². The third-order valence-electron chi connectivity index (χ3n) is 2.26. The molecule has 3 N–H and O–H groups in total. The summed E-state index contributed by atoms with van der Waals surface area (Å²) < 4.78 is 0. The van der Waals surface area contributed by atoms with E-state index in [-0.39, 0.29) is 11.7 Å². The molecule has 0 radical (unpaired) electrons. The molecule has 1 aromatic carbocycles. The molecular weight excluding hydrogens is 216 g/mol. The number of rotatable bonds is 4. The lowest BCUT2D eigenvalue weighted by molar-refractivity contribution is 0.0932. The van der Waals surface area contributed by atoms with Crippen LogP contribution in [0.2, 0.25) is 0 Å². The van der Waals surface area contributed by atoms with Gasteiger partial charge in [0.2, 0.25) is 0 Å². The first-order chi connectivity index (χ1) is 7.81. The Labute approximate surface area is 101 Å². The van der Waals surface area contributed by atoms with Gasteiger partial charge in [0.25, 0.3) is 5.91 Å². The topological polar surface area (TPSA) is 72.2 Å². The van der Waals surface area contributed by atoms with Gasteiger partial charge in [-0.15, -0.1) is 0 Å². The first-order valence-corrected chi connectivity index (χ1v) is 5.48. The van der Waals surface area contributed by atoms with E-state index in [0.717, 1.165) is 0 Å². The first-order valence-electron chi connectivity index (χ1n) is 5.48. The Morgan fingerprint density at radius 3 is 2.24 bits per heavy atom. The predicted octanol–water partition coefficient (Wildman–Crippen LogP) is 1.36. The van der Waals surface area contributed by atoms with E-state index in [9.17, 15) is 9.59 Å². The van der Waals surface area contributed by atoms with Crippen LogP contribution in [-0.4, -0.2) is 23.8 Å². The third kappa shape index (κ3) is 4.00. The summed E-state index contributed by atoms with van der Waals surface area (Å²) in [5.74, 6) is -0.392. The first kappa shape index (κ1) is 13.4. The number of benzene rings is 1. The highest BCUT2D eigenvalue weighted by Gasteiger charge is 2.16. The molecule has 1 rings (SSSR count). The number of ketones is 1. The van der Waals surface area contributed by atoms with Gasteiger partial charge < -0.3 is 11.1 Å². The van der Waals surface area contributed by atoms with Gasteiger partial charge in [0.1, 0.15) is 0 Å². The molecule has 0 bridgehead atoms. The van der Waals surface area contributed by atoms with Crippen LogP contribution in [0.4, 0.5) is 0 Å². The Bertz CT molecular complexity index is 433. The van der Waals surface area contributed by atoms with E-state index in [2.05, 4.69) is 5.32 Å². The van der Waals surface area contributed by atoms with Crippen LogP contribution in [0, 0.1) is 0 Å². The summed E-state index contributed by atoms with van der Waals surface area (Å²) in [6.07, 6.45) is 0. The van der Waals surface area contributed by atoms with Gasteiger partial charge in [-0.25, -0.2) is 0 Å². The van der Waals surface area contributed by atoms with Crippen LogP contribution >= 0.6 is 0 Å². The Balaban J connectivity index is 2.86. The summed E-state index contributed by atoms with van der Waals surface area (Å²) >= 11 is 0. The zero-order chi connectivity index (χ0) is 13.1. The van der Waals surface area contributed by atoms with E-state index in [1.54, 1.807) is 24.3 Å². The van der Waals surface area contributed by atoms with E-state index < -0.39 is 5.54 Å². The van der Waals surface area contributed by atoms with Gasteiger partial charge in [0, 0.05) is 17.6 Å². The van der Waals surface area contributed by atoms with Crippen molar-refractivity contribution in [1.29, 1.82) is 0 Å². The van der Waals surface area contributed by atoms with Crippen LogP contribution in [0.3, 0.4) is 0 Å². The SMILES string of the molecule is CC(=O)c1ccccc1C(=O)NCC(C)(C)N. The lowest BCUT2D eigenvalue weighted by Crippen LogP contribution is -2.45. The van der Waals surface area contributed by atoms with Crippen molar-refractivity contribution in [2.45, 2.75) is 26.3 Å². The van der Waals surface area contributed by atoms with Crippen LogP contribution in [0.1, 0.15) is 41.5 Å². The lowest BCUT2D eigenvalue weighted by atomic mass is 10.0. The van der Waals surface area contributed by atoms with Gasteiger partial charge in [-0.2, -0.15) is 0 Å². The molecule has 0 heterocycles. The van der Waals surface area contributed by atoms with Crippen molar-refractivity contribution in [2.75, 3.05) is 6.54 Å². The van der Waals surface area contributed by atoms with Crippen molar-refractivity contribution in [3.05, 3.63) is 35.4 Å². The van der Waals surface area contributed by atoms with Crippen molar-refractivity contribution >= 4 is 11.7 Å². The Morgan fingerprint density at radius 1 is 1.24 bits per heavy atom. The van der Waals surface area contributed by atoms with Crippen molar-refractivity contribution in [2.24, 2.45) is 5.73 Å². The Kier molecular flexibility index (Phi) is 4.02. The number of carbonyl (C=O) groups is 2. The predicted molar refractivity (Wildman–Crippen MR) is 67.0 cm³/mol. The molecule has 0 aliphatic heterocycles. The molecule has 0 aliphatic rings. The average Bonchev–Trinajstić information content (AvgIpc) is 2.25. The number of carbonyl (C=O) groups excluding carboxylic acids is 2. The third-order valence-corrected chi connectivity index (χ3v) is 2.26. The summed E-state index contributed by atoms with van der Waals surface area (Å²) in [7, 11) is 0. The molecule has 17 heavy (non-hydrogen) atoms. The second-order valence-corrected chi connectivity index (χ2v) is 4.77. The highest BCUT2D eigenvalue weighted by molar-refractivity contribution is 6.07. The molecule has 0 fully saturated rings. The molecule has 0 spiro atoms. The van der Waals surface area contributed by atoms with Gasteiger partial charge in [-0.05, 0) is 26.8 Å². The molecule has 0 aliphatic carbocycles. The number of hydrogen-bond acceptors (Lipinski definition) is 3. The fourth-order valence-electron chi connectivity index (χ4n) is 1.39. The van der Waals surface area contributed by atoms with E-state index >= 15 is 0 Å². The number of nitrogens with one attached hydrogen (secondary N) is 1. The normalized spacial score (nSPS) is 11.1. The number of nitrogens with two attached hydrogens (primary N) is 1. The van der Waals surface area contributed by atoms with Gasteiger partial charge in [-0.1, -0.05) is 18.2 Å². The van der Waals surface area contributed by atoms with Gasteiger partial charge >= 0.3 is 0 Å². The lowest BCUT2D eigenvalue weighted by Gasteiger charge is -2.19. The number of hydrogen-bond donors (Lipinski definition) is 2. The molecule has 0 saturated heterocycles. The van der Waals surface area contributed by atoms with Gasteiger partial charge in [0.15, 0.2) is 5.78 Å². The summed E-state index contributed by atoms with van der Waals surface area (Å²) in [5.41, 5.74) is 6.13. The van der Waals surface area contributed by atoms with E-state index in [1.165, 1.54) is 6.92 Å². The molecule has 0 saturated carbocycles. The summed E-state index contributed by atoms with van der Waals surface area (Å²) in [6, 6.07) is 6.75. The van der Waals surface area contributed by atoms with E-state index in [1.807, 2.05) is 13.8 Å². The molecular formula is C13H18N2O2. The van der Waals surface area contributed by atoms with Crippen LogP contribution in [0.15, 0.2) is 24.3 Å². The molecule has 92 valence electrons. The average molecular weight is 234 g/mol. The van der Waals surface area contributed by atoms with E-state index in [4.69, 9.17) is 5.73 Å². The molecule has 0 aromatic heterocycles. The molecule has 0 atom stereocenters. The molecule has 1 amide bonds. The number of Topliss-reactive ketones (excluding diaryl/α,β-unsaturated/α-hetero) is 1. The highest BCUT2D eigenvalue weighted by Crippen LogP contribution is 2.09. The second kappa shape index (κ2) is 5.10. The quantitative estimate of drug-likeness (QED) is 0.772. The minimum absolute atomic E-state index is 0.122. The Morgan fingerprint density at radius 2 is 1.76 bits per heavy atom. The molecule has 4 heteroatoms. The fourth-order valence-corrected chi connectivity index (χ4v) is 1.39. The molecule has 0 unspecified atom stereocenters. The number of amides is 1. The molecule has 4 nitrogen and oxygen atoms in total. The van der Waals surface area contributed by atoms with E-state index in [0.29, 0.717) is 17.7 Å². The zero-order valence-electron chi connectivity index (χ0n) is 10.4. The minimum Gasteiger partial charge on any atom is -0.350 e. The van der Waals surface area contributed by atoms with Gasteiger partial charge in [-0.3, -0.25) is 9.59 Å². The monoisotopic (exact) mass is 234 g/mol. The zero-order valence-corrected chi connectivity index (χ0v) is 10.4. The summed E-state index contributed by atoms with van der Waals surface area (Å²) in [4.78, 5) is 23.3. The largest absolute Gasteiger partial charge is 0.350 e. The van der Waals surface area contributed by atoms with Crippen LogP contribution in [0.25, 0.3) is 0 Å². The minimum atomic E-state index is -0.471. The fraction of sp³-hybridized carbons (Fsp3) is 0.385. The molecule has 1 aromatic rings. The summed E-state index contributed by atoms with van der Waals surface area (Å²) in [6.45, 7) is 5.45. The summed E-state index contributed by atoms with van der Waals surface area (Å²) in [5, 5.41) is 2.72. The maximum atomic E-state index is 11.9. The van der Waals surface area contributed by atoms with Crippen LogP contribution in [-0.2, 0) is 0 Å². The maximum absolute atomic E-state index is 11.9. The standard InChI is InChI=1S/C13H18N2O2/c1-9(16)10-6-4-5-7-11(10)12(17)15-8-13(2,3)14/h4-7H,8,14H2,1-3H3,(H,15,17). The second-order valence-electron chi connectivity index (χ2n) is 4.77. The Hall–Kier alpha value is -1.68.